The quantitative estimate of drug-likeness (QED) is 0.350. The van der Waals surface area contributed by atoms with Crippen molar-refractivity contribution in [1.29, 1.82) is 0 Å². The molecule has 2 N–H and O–H groups in total. The Morgan fingerprint density at radius 2 is 1.75 bits per heavy atom. The summed E-state index contributed by atoms with van der Waals surface area (Å²) in [6.45, 7) is 3.74. The van der Waals surface area contributed by atoms with Gasteiger partial charge in [0.15, 0.2) is 0 Å². The molecule has 1 rings (SSSR count). The van der Waals surface area contributed by atoms with E-state index in [1.165, 1.54) is 12.1 Å². The minimum atomic E-state index is -1.04. The molecule has 0 saturated carbocycles. The molecular weight excluding hydrogens is 332 g/mol. The molecule has 24 heavy (non-hydrogen) atoms. The number of carbonyl (C=O) groups excluding carboxylic acids is 1. The first kappa shape index (κ1) is 20.0. The number of carboxylic acids is 1. The van der Waals surface area contributed by atoms with Crippen LogP contribution in [-0.4, -0.2) is 28.8 Å². The third-order valence-corrected chi connectivity index (χ3v) is 4.11. The predicted molar refractivity (Wildman–Crippen MR) is 92.6 cm³/mol. The van der Waals surface area contributed by atoms with Crippen molar-refractivity contribution in [2.45, 2.75) is 44.9 Å². The number of rotatable bonds is 11. The van der Waals surface area contributed by atoms with Gasteiger partial charge >= 0.3 is 11.9 Å². The molecule has 1 aromatic rings. The van der Waals surface area contributed by atoms with Crippen molar-refractivity contribution in [2.75, 3.05) is 6.61 Å². The number of esters is 1. The fraction of sp³-hybridized carbons (Fsp3) is 0.444. The van der Waals surface area contributed by atoms with Gasteiger partial charge in [0.05, 0.1) is 17.2 Å². The van der Waals surface area contributed by atoms with E-state index in [-0.39, 0.29) is 16.3 Å². The van der Waals surface area contributed by atoms with E-state index in [0.717, 1.165) is 44.6 Å². The molecule has 0 fully saturated rings. The third kappa shape index (κ3) is 6.62. The topological polar surface area (TPSA) is 83.8 Å². The highest BCUT2D eigenvalue weighted by molar-refractivity contribution is 6.33. The summed E-state index contributed by atoms with van der Waals surface area (Å²) in [7, 11) is 0. The lowest BCUT2D eigenvalue weighted by molar-refractivity contribution is -0.137. The molecular formula is C18H23ClO5. The van der Waals surface area contributed by atoms with Crippen LogP contribution in [0.2, 0.25) is 5.02 Å². The average molecular weight is 355 g/mol. The van der Waals surface area contributed by atoms with Crippen LogP contribution in [-0.2, 0) is 16.0 Å². The van der Waals surface area contributed by atoms with Crippen LogP contribution in [0, 0.1) is 0 Å². The summed E-state index contributed by atoms with van der Waals surface area (Å²) in [6, 6.07) is 2.68. The minimum Gasteiger partial charge on any atom is -0.506 e. The number of aromatic hydroxyl groups is 1. The van der Waals surface area contributed by atoms with Crippen LogP contribution in [0.15, 0.2) is 24.8 Å². The first-order valence-electron chi connectivity index (χ1n) is 8.00. The Kier molecular flexibility index (Phi) is 8.94. The van der Waals surface area contributed by atoms with Crippen molar-refractivity contribution in [3.8, 4) is 5.75 Å². The molecule has 0 aliphatic carbocycles. The van der Waals surface area contributed by atoms with Crippen molar-refractivity contribution in [3.05, 3.63) is 40.9 Å². The molecule has 0 aliphatic rings. The molecule has 1 aromatic carbocycles. The maximum atomic E-state index is 11.2. The standard InChI is InChI=1S/C18H23ClO5/c1-2-16(21)24-12-8-6-4-3-5-7-9-13-14(18(22)23)10-11-15(20)17(13)19/h2,10-11,20H,1,3-9,12H2,(H,22,23). The summed E-state index contributed by atoms with van der Waals surface area (Å²) in [5.41, 5.74) is 0.627. The van der Waals surface area contributed by atoms with E-state index < -0.39 is 11.9 Å². The lowest BCUT2D eigenvalue weighted by Crippen LogP contribution is -2.03. The van der Waals surface area contributed by atoms with Crippen LogP contribution in [0.4, 0.5) is 0 Å². The number of carbonyl (C=O) groups is 2. The summed E-state index contributed by atoms with van der Waals surface area (Å²) in [6.07, 6.45) is 7.23. The molecule has 0 aromatic heterocycles. The molecule has 5 nitrogen and oxygen atoms in total. The van der Waals surface area contributed by atoms with E-state index in [9.17, 15) is 19.8 Å². The van der Waals surface area contributed by atoms with E-state index in [2.05, 4.69) is 6.58 Å². The van der Waals surface area contributed by atoms with Crippen molar-refractivity contribution >= 4 is 23.5 Å². The SMILES string of the molecule is C=CC(=O)OCCCCCCCCc1c(C(=O)O)ccc(O)c1Cl. The summed E-state index contributed by atoms with van der Waals surface area (Å²) >= 11 is 6.02. The van der Waals surface area contributed by atoms with Gasteiger partial charge in [0.2, 0.25) is 0 Å². The molecule has 0 saturated heterocycles. The second kappa shape index (κ2) is 10.7. The Bertz CT molecular complexity index is 583. The highest BCUT2D eigenvalue weighted by atomic mass is 35.5. The fourth-order valence-electron chi connectivity index (χ4n) is 2.40. The Balaban J connectivity index is 2.26. The molecule has 0 aliphatic heterocycles. The van der Waals surface area contributed by atoms with Gasteiger partial charge in [-0.2, -0.15) is 0 Å². The van der Waals surface area contributed by atoms with Gasteiger partial charge in [0.25, 0.3) is 0 Å². The van der Waals surface area contributed by atoms with Gasteiger partial charge in [-0.3, -0.25) is 0 Å². The number of halogens is 1. The second-order valence-electron chi connectivity index (χ2n) is 5.47. The lowest BCUT2D eigenvalue weighted by Gasteiger charge is -2.10. The molecule has 0 bridgehead atoms. The third-order valence-electron chi connectivity index (χ3n) is 3.69. The molecule has 0 amide bonds. The molecule has 0 spiro atoms. The maximum Gasteiger partial charge on any atom is 0.336 e. The van der Waals surface area contributed by atoms with Gasteiger partial charge in [-0.1, -0.05) is 43.9 Å². The van der Waals surface area contributed by atoms with Crippen LogP contribution >= 0.6 is 11.6 Å². The molecule has 0 atom stereocenters. The van der Waals surface area contributed by atoms with E-state index in [4.69, 9.17) is 16.3 Å². The van der Waals surface area contributed by atoms with E-state index in [1.807, 2.05) is 0 Å². The van der Waals surface area contributed by atoms with E-state index >= 15 is 0 Å². The zero-order chi connectivity index (χ0) is 17.9. The smallest absolute Gasteiger partial charge is 0.336 e. The number of phenolic OH excluding ortho intramolecular Hbond substituents is 1. The summed E-state index contributed by atoms with van der Waals surface area (Å²) in [5.74, 6) is -1.53. The van der Waals surface area contributed by atoms with Crippen molar-refractivity contribution in [3.63, 3.8) is 0 Å². The first-order valence-corrected chi connectivity index (χ1v) is 8.38. The summed E-state index contributed by atoms with van der Waals surface area (Å²) in [5, 5.41) is 18.9. The lowest BCUT2D eigenvalue weighted by atomic mass is 10.00. The van der Waals surface area contributed by atoms with Crippen molar-refractivity contribution < 1.29 is 24.5 Å². The second-order valence-corrected chi connectivity index (χ2v) is 5.85. The van der Waals surface area contributed by atoms with E-state index in [1.54, 1.807) is 0 Å². The summed E-state index contributed by atoms with van der Waals surface area (Å²) in [4.78, 5) is 22.0. The molecule has 0 heterocycles. The zero-order valence-electron chi connectivity index (χ0n) is 13.6. The van der Waals surface area contributed by atoms with Gasteiger partial charge in [-0.05, 0) is 37.0 Å². The fourth-order valence-corrected chi connectivity index (χ4v) is 2.66. The number of aromatic carboxylic acids is 1. The number of hydrogen-bond acceptors (Lipinski definition) is 4. The first-order chi connectivity index (χ1) is 11.5. The normalized spacial score (nSPS) is 10.4. The van der Waals surface area contributed by atoms with Gasteiger partial charge in [-0.25, -0.2) is 9.59 Å². The molecule has 132 valence electrons. The Morgan fingerprint density at radius 1 is 1.12 bits per heavy atom. The number of ether oxygens (including phenoxy) is 1. The number of unbranched alkanes of at least 4 members (excludes halogenated alkanes) is 5. The van der Waals surface area contributed by atoms with Gasteiger partial charge in [0.1, 0.15) is 5.75 Å². The monoisotopic (exact) mass is 354 g/mol. The van der Waals surface area contributed by atoms with Crippen molar-refractivity contribution in [1.82, 2.24) is 0 Å². The average Bonchev–Trinajstić information content (AvgIpc) is 2.56. The van der Waals surface area contributed by atoms with Crippen LogP contribution < -0.4 is 0 Å². The van der Waals surface area contributed by atoms with Gasteiger partial charge < -0.3 is 14.9 Å². The summed E-state index contributed by atoms with van der Waals surface area (Å²) < 4.78 is 4.89. The molecule has 6 heteroatoms. The Hall–Kier alpha value is -2.01. The highest BCUT2D eigenvalue weighted by Gasteiger charge is 2.15. The zero-order valence-corrected chi connectivity index (χ0v) is 14.3. The van der Waals surface area contributed by atoms with Crippen LogP contribution in [0.1, 0.15) is 54.4 Å². The number of phenols is 1. The molecule has 0 unspecified atom stereocenters. The Labute approximate surface area is 146 Å². The van der Waals surface area contributed by atoms with Crippen LogP contribution in [0.3, 0.4) is 0 Å². The maximum absolute atomic E-state index is 11.2. The van der Waals surface area contributed by atoms with Crippen LogP contribution in [0.25, 0.3) is 0 Å². The minimum absolute atomic E-state index is 0.0919. The predicted octanol–water partition coefficient (Wildman–Crippen LogP) is 4.36. The number of benzene rings is 1. The number of carboxylic acid groups (broad SMARTS) is 1. The largest absolute Gasteiger partial charge is 0.506 e. The van der Waals surface area contributed by atoms with E-state index in [0.29, 0.717) is 18.6 Å². The number of hydrogen-bond donors (Lipinski definition) is 2. The van der Waals surface area contributed by atoms with Gasteiger partial charge in [-0.15, -0.1) is 0 Å². The Morgan fingerprint density at radius 3 is 2.38 bits per heavy atom. The van der Waals surface area contributed by atoms with Gasteiger partial charge in [0, 0.05) is 6.08 Å². The molecule has 0 radical (unpaired) electrons. The highest BCUT2D eigenvalue weighted by Crippen LogP contribution is 2.31. The van der Waals surface area contributed by atoms with Crippen molar-refractivity contribution in [2.24, 2.45) is 0 Å². The van der Waals surface area contributed by atoms with Crippen LogP contribution in [0.5, 0.6) is 5.75 Å².